The number of aromatic amines is 1. The van der Waals surface area contributed by atoms with Gasteiger partial charge in [0.2, 0.25) is 5.91 Å². The zero-order valence-corrected chi connectivity index (χ0v) is 16.0. The maximum absolute atomic E-state index is 12.5. The topological polar surface area (TPSA) is 75.3 Å². The Kier molecular flexibility index (Phi) is 6.95. The predicted octanol–water partition coefficient (Wildman–Crippen LogP) is 2.56. The van der Waals surface area contributed by atoms with Crippen molar-refractivity contribution in [3.8, 4) is 5.75 Å². The molecule has 2 aromatic rings. The highest BCUT2D eigenvalue weighted by molar-refractivity contribution is 5.76. The fourth-order valence-corrected chi connectivity index (χ4v) is 2.96. The number of likely N-dealkylation sites (N-methyl/N-ethyl adjacent to an activating group) is 1. The Hall–Kier alpha value is -2.63. The molecule has 1 N–H and O–H groups in total. The molecular weight excluding hydrogens is 330 g/mol. The van der Waals surface area contributed by atoms with Crippen molar-refractivity contribution in [1.29, 1.82) is 0 Å². The van der Waals surface area contributed by atoms with Gasteiger partial charge < -0.3 is 14.6 Å². The van der Waals surface area contributed by atoms with Crippen LogP contribution in [-0.4, -0.2) is 40.5 Å². The molecular formula is C20H27N3O3. The number of aryl methyl sites for hydroxylation is 3. The first kappa shape index (κ1) is 19.7. The van der Waals surface area contributed by atoms with Crippen molar-refractivity contribution in [3.63, 3.8) is 0 Å². The molecule has 0 bridgehead atoms. The van der Waals surface area contributed by atoms with E-state index in [0.29, 0.717) is 38.2 Å². The number of nitrogens with zero attached hydrogens (tertiary/aromatic N) is 2. The van der Waals surface area contributed by atoms with Gasteiger partial charge in [0, 0.05) is 24.4 Å². The summed E-state index contributed by atoms with van der Waals surface area (Å²) in [4.78, 5) is 32.3. The summed E-state index contributed by atoms with van der Waals surface area (Å²) in [5.41, 5.74) is 3.13. The number of amides is 1. The molecule has 0 unspecified atom stereocenters. The van der Waals surface area contributed by atoms with E-state index in [9.17, 15) is 9.59 Å². The number of aromatic nitrogens is 2. The van der Waals surface area contributed by atoms with E-state index in [2.05, 4.69) is 9.97 Å². The molecule has 0 aliphatic rings. The predicted molar refractivity (Wildman–Crippen MR) is 102 cm³/mol. The van der Waals surface area contributed by atoms with Crippen molar-refractivity contribution in [2.75, 3.05) is 19.7 Å². The van der Waals surface area contributed by atoms with E-state index in [1.165, 1.54) is 0 Å². The largest absolute Gasteiger partial charge is 0.491 e. The van der Waals surface area contributed by atoms with Crippen LogP contribution in [-0.2, 0) is 11.2 Å². The fraction of sp³-hybridized carbons (Fsp3) is 0.450. The maximum atomic E-state index is 12.5. The average Bonchev–Trinajstić information content (AvgIpc) is 2.59. The molecule has 0 atom stereocenters. The lowest BCUT2D eigenvalue weighted by atomic mass is 10.1. The minimum absolute atomic E-state index is 0.0749. The van der Waals surface area contributed by atoms with Crippen LogP contribution in [0.3, 0.4) is 0 Å². The minimum Gasteiger partial charge on any atom is -0.491 e. The summed E-state index contributed by atoms with van der Waals surface area (Å²) in [6.45, 7) is 9.25. The summed E-state index contributed by atoms with van der Waals surface area (Å²) in [6, 6.07) is 7.84. The minimum atomic E-state index is -0.349. The van der Waals surface area contributed by atoms with Crippen molar-refractivity contribution in [3.05, 3.63) is 57.3 Å². The molecule has 1 heterocycles. The third-order valence-electron chi connectivity index (χ3n) is 4.49. The quantitative estimate of drug-likeness (QED) is 0.788. The van der Waals surface area contributed by atoms with Crippen molar-refractivity contribution in [2.45, 2.75) is 40.5 Å². The first-order valence-corrected chi connectivity index (χ1v) is 8.95. The highest BCUT2D eigenvalue weighted by Gasteiger charge is 2.14. The van der Waals surface area contributed by atoms with E-state index < -0.39 is 0 Å². The number of rotatable bonds is 8. The fourth-order valence-electron chi connectivity index (χ4n) is 2.96. The molecule has 0 fully saturated rings. The number of hydrogen-bond donors (Lipinski definition) is 1. The smallest absolute Gasteiger partial charge is 0.345 e. The van der Waals surface area contributed by atoms with Crippen LogP contribution in [0.4, 0.5) is 0 Å². The van der Waals surface area contributed by atoms with Crippen molar-refractivity contribution in [2.24, 2.45) is 0 Å². The Labute approximate surface area is 154 Å². The number of hydrogen-bond acceptors (Lipinski definition) is 4. The van der Waals surface area contributed by atoms with E-state index in [0.717, 1.165) is 22.6 Å². The van der Waals surface area contributed by atoms with Crippen LogP contribution in [0.25, 0.3) is 0 Å². The molecule has 0 radical (unpaired) electrons. The zero-order valence-electron chi connectivity index (χ0n) is 16.0. The molecule has 0 spiro atoms. The monoisotopic (exact) mass is 357 g/mol. The molecule has 140 valence electrons. The number of H-pyrrole nitrogens is 1. The lowest BCUT2D eigenvalue weighted by Crippen LogP contribution is -2.34. The molecule has 0 aliphatic carbocycles. The standard InChI is InChI=1S/C20H27N3O3/c1-5-23(12-13-26-18-9-7-6-8-14(18)2)19(24)11-10-17-15(3)21-20(25)22-16(17)4/h6-9H,5,10-13H2,1-4H3,(H,21,22,25). The van der Waals surface area contributed by atoms with Crippen LogP contribution in [0.1, 0.15) is 35.9 Å². The Morgan fingerprint density at radius 1 is 1.23 bits per heavy atom. The first-order chi connectivity index (χ1) is 12.4. The average molecular weight is 357 g/mol. The Morgan fingerprint density at radius 2 is 1.96 bits per heavy atom. The summed E-state index contributed by atoms with van der Waals surface area (Å²) >= 11 is 0. The molecule has 6 heteroatoms. The van der Waals surface area contributed by atoms with Crippen LogP contribution in [0.15, 0.2) is 29.1 Å². The molecule has 2 rings (SSSR count). The number of carbonyl (C=O) groups excluding carboxylic acids is 1. The van der Waals surface area contributed by atoms with Gasteiger partial charge in [0.1, 0.15) is 12.4 Å². The molecule has 1 aromatic carbocycles. The molecule has 6 nitrogen and oxygen atoms in total. The van der Waals surface area contributed by atoms with E-state index in [1.807, 2.05) is 45.0 Å². The van der Waals surface area contributed by atoms with Gasteiger partial charge in [-0.05, 0) is 51.3 Å². The summed E-state index contributed by atoms with van der Waals surface area (Å²) in [7, 11) is 0. The Balaban J connectivity index is 1.88. The van der Waals surface area contributed by atoms with Gasteiger partial charge in [0.05, 0.1) is 6.54 Å². The van der Waals surface area contributed by atoms with Gasteiger partial charge in [0.25, 0.3) is 0 Å². The zero-order chi connectivity index (χ0) is 19.1. The van der Waals surface area contributed by atoms with E-state index >= 15 is 0 Å². The summed E-state index contributed by atoms with van der Waals surface area (Å²) < 4.78 is 5.79. The van der Waals surface area contributed by atoms with Gasteiger partial charge in [-0.1, -0.05) is 18.2 Å². The van der Waals surface area contributed by atoms with E-state index in [4.69, 9.17) is 4.74 Å². The van der Waals surface area contributed by atoms with Gasteiger partial charge in [-0.25, -0.2) is 4.79 Å². The Morgan fingerprint density at radius 3 is 2.62 bits per heavy atom. The second kappa shape index (κ2) is 9.17. The number of para-hydroxylation sites is 1. The van der Waals surface area contributed by atoms with Gasteiger partial charge in [-0.15, -0.1) is 0 Å². The number of ether oxygens (including phenoxy) is 1. The highest BCUT2D eigenvalue weighted by Crippen LogP contribution is 2.16. The highest BCUT2D eigenvalue weighted by atomic mass is 16.5. The maximum Gasteiger partial charge on any atom is 0.345 e. The van der Waals surface area contributed by atoms with Gasteiger partial charge in [-0.3, -0.25) is 4.79 Å². The second-order valence-corrected chi connectivity index (χ2v) is 6.32. The third kappa shape index (κ3) is 5.18. The van der Waals surface area contributed by atoms with Crippen LogP contribution < -0.4 is 10.4 Å². The van der Waals surface area contributed by atoms with Gasteiger partial charge in [-0.2, -0.15) is 4.98 Å². The van der Waals surface area contributed by atoms with Gasteiger partial charge >= 0.3 is 5.69 Å². The van der Waals surface area contributed by atoms with Crippen molar-refractivity contribution < 1.29 is 9.53 Å². The number of benzene rings is 1. The SMILES string of the molecule is CCN(CCOc1ccccc1C)C(=O)CCc1c(C)nc(=O)[nH]c1C. The van der Waals surface area contributed by atoms with Crippen molar-refractivity contribution in [1.82, 2.24) is 14.9 Å². The van der Waals surface area contributed by atoms with Crippen LogP contribution in [0.5, 0.6) is 5.75 Å². The lowest BCUT2D eigenvalue weighted by Gasteiger charge is -2.21. The summed E-state index contributed by atoms with van der Waals surface area (Å²) in [5, 5.41) is 0. The molecule has 1 amide bonds. The molecule has 26 heavy (non-hydrogen) atoms. The normalized spacial score (nSPS) is 10.6. The molecule has 0 saturated heterocycles. The molecule has 0 saturated carbocycles. The van der Waals surface area contributed by atoms with Gasteiger partial charge in [0.15, 0.2) is 0 Å². The third-order valence-corrected chi connectivity index (χ3v) is 4.49. The number of carbonyl (C=O) groups is 1. The Bertz CT molecular complexity index is 788. The second-order valence-electron chi connectivity index (χ2n) is 6.32. The summed E-state index contributed by atoms with van der Waals surface area (Å²) in [5.74, 6) is 0.924. The van der Waals surface area contributed by atoms with E-state index in [-0.39, 0.29) is 11.6 Å². The van der Waals surface area contributed by atoms with Crippen molar-refractivity contribution >= 4 is 5.91 Å². The summed E-state index contributed by atoms with van der Waals surface area (Å²) in [6.07, 6.45) is 0.947. The molecule has 1 aromatic heterocycles. The van der Waals surface area contributed by atoms with E-state index in [1.54, 1.807) is 11.8 Å². The molecule has 0 aliphatic heterocycles. The first-order valence-electron chi connectivity index (χ1n) is 8.95. The van der Waals surface area contributed by atoms with Crippen LogP contribution in [0.2, 0.25) is 0 Å². The lowest BCUT2D eigenvalue weighted by molar-refractivity contribution is -0.131. The van der Waals surface area contributed by atoms with Crippen LogP contribution >= 0.6 is 0 Å². The number of nitrogens with one attached hydrogen (secondary N) is 1. The van der Waals surface area contributed by atoms with Crippen LogP contribution in [0, 0.1) is 20.8 Å².